The summed E-state index contributed by atoms with van der Waals surface area (Å²) in [6.45, 7) is 4.44. The van der Waals surface area contributed by atoms with Gasteiger partial charge in [0.15, 0.2) is 11.5 Å². The maximum absolute atomic E-state index is 6.02. The van der Waals surface area contributed by atoms with Crippen LogP contribution in [0.1, 0.15) is 0 Å². The Balaban J connectivity index is 3.29. The number of methoxy groups -OCH3 is 2. The summed E-state index contributed by atoms with van der Waals surface area (Å²) in [6.07, 6.45) is 0. The lowest BCUT2D eigenvalue weighted by molar-refractivity contribution is 0.357. The van der Waals surface area contributed by atoms with Gasteiger partial charge in [-0.2, -0.15) is 0 Å². The van der Waals surface area contributed by atoms with E-state index >= 15 is 0 Å². The van der Waals surface area contributed by atoms with Crippen LogP contribution < -0.4 is 14.7 Å². The fourth-order valence-corrected chi connectivity index (χ4v) is 3.46. The van der Waals surface area contributed by atoms with E-state index in [9.17, 15) is 0 Å². The molecule has 0 aromatic heterocycles. The van der Waals surface area contributed by atoms with Crippen molar-refractivity contribution in [3.05, 3.63) is 18.2 Å². The first-order valence-corrected chi connectivity index (χ1v) is 8.58. The van der Waals surface area contributed by atoms with E-state index in [2.05, 4.69) is 19.2 Å². The van der Waals surface area contributed by atoms with E-state index in [1.165, 1.54) is 5.19 Å². The number of halogens is 1. The van der Waals surface area contributed by atoms with Crippen LogP contribution in [-0.4, -0.2) is 27.8 Å². The number of alkyl halides is 1. The van der Waals surface area contributed by atoms with Gasteiger partial charge in [-0.15, -0.1) is 11.6 Å². The first-order chi connectivity index (χ1) is 7.06. The van der Waals surface area contributed by atoms with Gasteiger partial charge in [0.2, 0.25) is 0 Å². The van der Waals surface area contributed by atoms with Crippen LogP contribution in [0, 0.1) is 0 Å². The molecule has 1 aromatic carbocycles. The Kier molecular flexibility index (Phi) is 4.05. The minimum absolute atomic E-state index is 0.677. The number of rotatable bonds is 4. The Morgan fingerprint density at radius 3 is 2.33 bits per heavy atom. The van der Waals surface area contributed by atoms with E-state index in [0.29, 0.717) is 5.50 Å². The van der Waals surface area contributed by atoms with E-state index in [0.717, 1.165) is 11.5 Å². The molecule has 0 bridgehead atoms. The monoisotopic (exact) mass is 244 g/mol. The summed E-state index contributed by atoms with van der Waals surface area (Å²) in [7, 11) is 1.71. The Labute approximate surface area is 97.2 Å². The van der Waals surface area contributed by atoms with Crippen molar-refractivity contribution in [3.8, 4) is 11.5 Å². The molecule has 84 valence electrons. The molecule has 0 spiro atoms. The summed E-state index contributed by atoms with van der Waals surface area (Å²) in [5.74, 6) is 1.61. The molecular formula is C11H17ClO2Si. The van der Waals surface area contributed by atoms with E-state index < -0.39 is 8.07 Å². The quantitative estimate of drug-likeness (QED) is 0.598. The second-order valence-electron chi connectivity index (χ2n) is 4.06. The molecule has 0 fully saturated rings. The molecule has 0 aliphatic heterocycles. The molecule has 0 amide bonds. The van der Waals surface area contributed by atoms with Crippen molar-refractivity contribution in [3.63, 3.8) is 0 Å². The number of hydrogen-bond donors (Lipinski definition) is 0. The second-order valence-corrected chi connectivity index (χ2v) is 9.43. The van der Waals surface area contributed by atoms with Gasteiger partial charge >= 0.3 is 0 Å². The lowest BCUT2D eigenvalue weighted by atomic mass is 10.3. The minimum Gasteiger partial charge on any atom is -0.493 e. The van der Waals surface area contributed by atoms with Crippen LogP contribution in [0.3, 0.4) is 0 Å². The standard InChI is InChI=1S/C11H17ClO2Si/c1-13-9-6-5-7-10(11(9)14-2)15(3,4)8-12/h5-7H,8H2,1-4H3. The average Bonchev–Trinajstić information content (AvgIpc) is 2.27. The highest BCUT2D eigenvalue weighted by Gasteiger charge is 2.27. The Morgan fingerprint density at radius 1 is 1.20 bits per heavy atom. The Bertz CT molecular complexity index is 339. The van der Waals surface area contributed by atoms with E-state index in [1.807, 2.05) is 12.1 Å². The molecule has 4 heteroatoms. The van der Waals surface area contributed by atoms with Crippen molar-refractivity contribution in [2.24, 2.45) is 0 Å². The highest BCUT2D eigenvalue weighted by molar-refractivity contribution is 6.94. The highest BCUT2D eigenvalue weighted by atomic mass is 35.5. The first-order valence-electron chi connectivity index (χ1n) is 4.84. The van der Waals surface area contributed by atoms with Crippen LogP contribution in [0.25, 0.3) is 0 Å². The molecule has 0 unspecified atom stereocenters. The zero-order valence-electron chi connectivity index (χ0n) is 9.63. The van der Waals surface area contributed by atoms with Crippen LogP contribution in [0.4, 0.5) is 0 Å². The summed E-state index contributed by atoms with van der Waals surface area (Å²) >= 11 is 6.02. The first kappa shape index (κ1) is 12.4. The molecule has 0 atom stereocenters. The number of para-hydroxylation sites is 1. The average molecular weight is 245 g/mol. The van der Waals surface area contributed by atoms with Gasteiger partial charge in [-0.05, 0) is 11.3 Å². The van der Waals surface area contributed by atoms with Crippen molar-refractivity contribution < 1.29 is 9.47 Å². The van der Waals surface area contributed by atoms with Crippen LogP contribution in [0.2, 0.25) is 13.1 Å². The second kappa shape index (κ2) is 4.90. The molecule has 1 rings (SSSR count). The third-order valence-electron chi connectivity index (χ3n) is 2.47. The molecule has 0 N–H and O–H groups in total. The predicted molar refractivity (Wildman–Crippen MR) is 67.4 cm³/mol. The third kappa shape index (κ3) is 2.47. The van der Waals surface area contributed by atoms with Crippen molar-refractivity contribution in [1.29, 1.82) is 0 Å². The van der Waals surface area contributed by atoms with Crippen LogP contribution >= 0.6 is 11.6 Å². The zero-order valence-corrected chi connectivity index (χ0v) is 11.4. The number of hydrogen-bond acceptors (Lipinski definition) is 2. The van der Waals surface area contributed by atoms with E-state index in [4.69, 9.17) is 21.1 Å². The number of benzene rings is 1. The van der Waals surface area contributed by atoms with E-state index in [-0.39, 0.29) is 0 Å². The highest BCUT2D eigenvalue weighted by Crippen LogP contribution is 2.26. The summed E-state index contributed by atoms with van der Waals surface area (Å²) < 4.78 is 10.7. The van der Waals surface area contributed by atoms with Gasteiger partial charge in [-0.25, -0.2) is 0 Å². The summed E-state index contributed by atoms with van der Waals surface area (Å²) in [6, 6.07) is 5.97. The van der Waals surface area contributed by atoms with Gasteiger partial charge < -0.3 is 9.47 Å². The lowest BCUT2D eigenvalue weighted by Crippen LogP contribution is -2.44. The van der Waals surface area contributed by atoms with Crippen LogP contribution in [-0.2, 0) is 0 Å². The van der Waals surface area contributed by atoms with Crippen molar-refractivity contribution in [2.45, 2.75) is 13.1 Å². The fourth-order valence-electron chi connectivity index (χ4n) is 1.49. The summed E-state index contributed by atoms with van der Waals surface area (Å²) in [4.78, 5) is 0. The molecule has 0 saturated carbocycles. The van der Waals surface area contributed by atoms with Gasteiger partial charge in [-0.3, -0.25) is 0 Å². The molecule has 0 heterocycles. The number of ether oxygens (including phenoxy) is 2. The Hall–Kier alpha value is -0.673. The largest absolute Gasteiger partial charge is 0.493 e. The van der Waals surface area contributed by atoms with Crippen molar-refractivity contribution >= 4 is 24.9 Å². The summed E-state index contributed by atoms with van der Waals surface area (Å²) in [5, 5.41) is 1.21. The van der Waals surface area contributed by atoms with Gasteiger partial charge in [0.1, 0.15) is 8.07 Å². The normalized spacial score (nSPS) is 11.3. The van der Waals surface area contributed by atoms with Gasteiger partial charge in [0.05, 0.1) is 14.2 Å². The van der Waals surface area contributed by atoms with E-state index in [1.54, 1.807) is 14.2 Å². The molecular weight excluding hydrogens is 228 g/mol. The SMILES string of the molecule is COc1cccc([Si](C)(C)CCl)c1OC. The van der Waals surface area contributed by atoms with Crippen LogP contribution in [0.15, 0.2) is 18.2 Å². The molecule has 0 aliphatic rings. The third-order valence-corrected chi connectivity index (χ3v) is 6.99. The maximum Gasteiger partial charge on any atom is 0.160 e. The van der Waals surface area contributed by atoms with Gasteiger partial charge in [0.25, 0.3) is 0 Å². The molecule has 2 nitrogen and oxygen atoms in total. The topological polar surface area (TPSA) is 18.5 Å². The maximum atomic E-state index is 6.02. The molecule has 1 aromatic rings. The van der Waals surface area contributed by atoms with Gasteiger partial charge in [-0.1, -0.05) is 25.2 Å². The molecule has 0 aliphatic carbocycles. The predicted octanol–water partition coefficient (Wildman–Crippen LogP) is 2.40. The fraction of sp³-hybridized carbons (Fsp3) is 0.455. The van der Waals surface area contributed by atoms with Gasteiger partial charge in [0, 0.05) is 5.50 Å². The van der Waals surface area contributed by atoms with Crippen LogP contribution in [0.5, 0.6) is 11.5 Å². The Morgan fingerprint density at radius 2 is 1.87 bits per heavy atom. The molecule has 0 radical (unpaired) electrons. The minimum atomic E-state index is -1.61. The van der Waals surface area contributed by atoms with Crippen molar-refractivity contribution in [1.82, 2.24) is 0 Å². The molecule has 15 heavy (non-hydrogen) atoms. The van der Waals surface area contributed by atoms with Crippen molar-refractivity contribution in [2.75, 3.05) is 19.7 Å². The molecule has 0 saturated heterocycles. The summed E-state index contributed by atoms with van der Waals surface area (Å²) in [5.41, 5.74) is 0.677. The lowest BCUT2D eigenvalue weighted by Gasteiger charge is -2.23. The smallest absolute Gasteiger partial charge is 0.160 e. The zero-order chi connectivity index (χ0) is 11.5.